The summed E-state index contributed by atoms with van der Waals surface area (Å²) in [6, 6.07) is 0. The number of allylic oxidation sites excluding steroid dienone is 2. The fraction of sp³-hybridized carbons (Fsp3) is 0.667. The molecule has 4 atom stereocenters. The van der Waals surface area contributed by atoms with Gasteiger partial charge in [0, 0.05) is 5.92 Å². The molecule has 2 rings (SSSR count). The van der Waals surface area contributed by atoms with Crippen LogP contribution in [0.4, 0.5) is 0 Å². The topological polar surface area (TPSA) is 17.1 Å². The fourth-order valence-electron chi connectivity index (χ4n) is 2.33. The monoisotopic (exact) mass is 136 g/mol. The smallest absolute Gasteiger partial charge is 0.123 e. The first-order valence-electron chi connectivity index (χ1n) is 3.96. The average Bonchev–Trinajstić information content (AvgIpc) is 2.46. The highest BCUT2D eigenvalue weighted by Gasteiger charge is 2.41. The highest BCUT2D eigenvalue weighted by atomic mass is 16.1. The maximum Gasteiger partial charge on any atom is 0.123 e. The zero-order valence-corrected chi connectivity index (χ0v) is 6.16. The van der Waals surface area contributed by atoms with E-state index in [-0.39, 0.29) is 0 Å². The third kappa shape index (κ3) is 0.606. The second kappa shape index (κ2) is 1.94. The van der Waals surface area contributed by atoms with E-state index in [1.54, 1.807) is 0 Å². The number of rotatable bonds is 1. The molecule has 1 saturated carbocycles. The van der Waals surface area contributed by atoms with E-state index >= 15 is 0 Å². The molecule has 1 nitrogen and oxygen atoms in total. The van der Waals surface area contributed by atoms with E-state index < -0.39 is 0 Å². The molecule has 1 fully saturated rings. The lowest BCUT2D eigenvalue weighted by Crippen LogP contribution is -2.17. The van der Waals surface area contributed by atoms with Gasteiger partial charge in [-0.3, -0.25) is 0 Å². The predicted octanol–water partition coefficient (Wildman–Crippen LogP) is 1.64. The third-order valence-electron chi connectivity index (χ3n) is 3.08. The second-order valence-corrected chi connectivity index (χ2v) is 3.52. The van der Waals surface area contributed by atoms with Crippen molar-refractivity contribution in [2.24, 2.45) is 23.7 Å². The molecule has 0 aliphatic heterocycles. The van der Waals surface area contributed by atoms with Crippen LogP contribution in [-0.4, -0.2) is 6.29 Å². The minimum atomic E-state index is 0.329. The van der Waals surface area contributed by atoms with Crippen LogP contribution in [0.5, 0.6) is 0 Å². The maximum atomic E-state index is 10.6. The molecule has 0 aromatic carbocycles. The molecule has 0 saturated heterocycles. The van der Waals surface area contributed by atoms with Crippen molar-refractivity contribution in [3.8, 4) is 0 Å². The normalized spacial score (nSPS) is 50.1. The van der Waals surface area contributed by atoms with Crippen LogP contribution in [0.3, 0.4) is 0 Å². The molecule has 54 valence electrons. The van der Waals surface area contributed by atoms with E-state index in [0.29, 0.717) is 23.7 Å². The summed E-state index contributed by atoms with van der Waals surface area (Å²) in [4.78, 5) is 10.6. The quantitative estimate of drug-likeness (QED) is 0.395. The zero-order chi connectivity index (χ0) is 7.14. The molecule has 0 aromatic heterocycles. The number of hydrogen-bond donors (Lipinski definition) is 0. The lowest BCUT2D eigenvalue weighted by atomic mass is 9.86. The maximum absolute atomic E-state index is 10.6. The molecule has 0 N–H and O–H groups in total. The molecule has 2 bridgehead atoms. The summed E-state index contributed by atoms with van der Waals surface area (Å²) in [6.45, 7) is 2.19. The van der Waals surface area contributed by atoms with Crippen LogP contribution < -0.4 is 0 Å². The minimum Gasteiger partial charge on any atom is -0.303 e. The van der Waals surface area contributed by atoms with Crippen molar-refractivity contribution in [2.45, 2.75) is 13.3 Å². The van der Waals surface area contributed by atoms with Gasteiger partial charge in [-0.25, -0.2) is 0 Å². The van der Waals surface area contributed by atoms with Crippen LogP contribution in [0.2, 0.25) is 0 Å². The largest absolute Gasteiger partial charge is 0.303 e. The Morgan fingerprint density at radius 1 is 1.40 bits per heavy atom. The Morgan fingerprint density at radius 3 is 2.50 bits per heavy atom. The van der Waals surface area contributed by atoms with Crippen LogP contribution in [0.1, 0.15) is 13.3 Å². The fourth-order valence-corrected chi connectivity index (χ4v) is 2.33. The van der Waals surface area contributed by atoms with Gasteiger partial charge in [-0.1, -0.05) is 19.1 Å². The summed E-state index contributed by atoms with van der Waals surface area (Å²) in [5.41, 5.74) is 0. The Bertz CT molecular complexity index is 183. The minimum absolute atomic E-state index is 0.329. The Balaban J connectivity index is 2.25. The van der Waals surface area contributed by atoms with Crippen LogP contribution in [0, 0.1) is 23.7 Å². The first-order valence-corrected chi connectivity index (χ1v) is 3.96. The van der Waals surface area contributed by atoms with Gasteiger partial charge in [0.25, 0.3) is 0 Å². The molecular weight excluding hydrogens is 124 g/mol. The molecular formula is C9H12O. The summed E-state index contributed by atoms with van der Waals surface area (Å²) in [5.74, 6) is 2.22. The highest BCUT2D eigenvalue weighted by Crippen LogP contribution is 2.46. The van der Waals surface area contributed by atoms with Crippen LogP contribution in [0.25, 0.3) is 0 Å². The average molecular weight is 136 g/mol. The van der Waals surface area contributed by atoms with Gasteiger partial charge in [0.2, 0.25) is 0 Å². The molecule has 10 heavy (non-hydrogen) atoms. The van der Waals surface area contributed by atoms with E-state index in [4.69, 9.17) is 0 Å². The van der Waals surface area contributed by atoms with Crippen molar-refractivity contribution in [2.75, 3.05) is 0 Å². The lowest BCUT2D eigenvalue weighted by molar-refractivity contribution is -0.112. The summed E-state index contributed by atoms with van der Waals surface area (Å²) in [5, 5.41) is 0. The van der Waals surface area contributed by atoms with Gasteiger partial charge < -0.3 is 4.79 Å². The summed E-state index contributed by atoms with van der Waals surface area (Å²) in [7, 11) is 0. The molecule has 3 unspecified atom stereocenters. The molecule has 2 aliphatic rings. The van der Waals surface area contributed by atoms with E-state index in [1.807, 2.05) is 0 Å². The SMILES string of the molecule is CC1C2C=CC(C2)[C@H]1C=O. The predicted molar refractivity (Wildman–Crippen MR) is 39.5 cm³/mol. The Kier molecular flexibility index (Phi) is 1.19. The standard InChI is InChI=1S/C9H12O/c1-6-7-2-3-8(4-7)9(6)5-10/h2-3,5-9H,4H2,1H3/t6?,7?,8?,9-/m0/s1. The van der Waals surface area contributed by atoms with Gasteiger partial charge in [-0.2, -0.15) is 0 Å². The van der Waals surface area contributed by atoms with Crippen LogP contribution in [0.15, 0.2) is 12.2 Å². The van der Waals surface area contributed by atoms with Gasteiger partial charge in [0.05, 0.1) is 0 Å². The molecule has 0 radical (unpaired) electrons. The zero-order valence-electron chi connectivity index (χ0n) is 6.16. The van der Waals surface area contributed by atoms with E-state index in [2.05, 4.69) is 19.1 Å². The molecule has 0 spiro atoms. The van der Waals surface area contributed by atoms with Gasteiger partial charge in [-0.15, -0.1) is 0 Å². The van der Waals surface area contributed by atoms with Crippen molar-refractivity contribution in [1.29, 1.82) is 0 Å². The van der Waals surface area contributed by atoms with Gasteiger partial charge in [0.1, 0.15) is 6.29 Å². The molecule has 1 heteroatoms. The van der Waals surface area contributed by atoms with E-state index in [1.165, 1.54) is 6.42 Å². The highest BCUT2D eigenvalue weighted by molar-refractivity contribution is 5.57. The number of hydrogen-bond acceptors (Lipinski definition) is 1. The van der Waals surface area contributed by atoms with Crippen molar-refractivity contribution in [1.82, 2.24) is 0 Å². The first kappa shape index (κ1) is 6.14. The second-order valence-electron chi connectivity index (χ2n) is 3.52. The molecule has 0 amide bonds. The molecule has 2 aliphatic carbocycles. The van der Waals surface area contributed by atoms with Crippen molar-refractivity contribution in [3.05, 3.63) is 12.2 Å². The Hall–Kier alpha value is -0.590. The van der Waals surface area contributed by atoms with E-state index in [9.17, 15) is 4.79 Å². The van der Waals surface area contributed by atoms with Gasteiger partial charge >= 0.3 is 0 Å². The number of fused-ring (bicyclic) bond motifs is 2. The van der Waals surface area contributed by atoms with E-state index in [0.717, 1.165) is 6.29 Å². The van der Waals surface area contributed by atoms with Crippen molar-refractivity contribution >= 4 is 6.29 Å². The number of aldehydes is 1. The van der Waals surface area contributed by atoms with Crippen LogP contribution in [-0.2, 0) is 4.79 Å². The summed E-state index contributed by atoms with van der Waals surface area (Å²) in [6.07, 6.45) is 6.85. The van der Waals surface area contributed by atoms with Crippen molar-refractivity contribution in [3.63, 3.8) is 0 Å². The van der Waals surface area contributed by atoms with Crippen LogP contribution >= 0.6 is 0 Å². The molecule has 0 heterocycles. The Labute approximate surface area is 61.1 Å². The number of carbonyl (C=O) groups excluding carboxylic acids is 1. The lowest BCUT2D eigenvalue weighted by Gasteiger charge is -2.18. The Morgan fingerprint density at radius 2 is 2.10 bits per heavy atom. The molecule has 0 aromatic rings. The van der Waals surface area contributed by atoms with Crippen molar-refractivity contribution < 1.29 is 4.79 Å². The summed E-state index contributed by atoms with van der Waals surface area (Å²) >= 11 is 0. The summed E-state index contributed by atoms with van der Waals surface area (Å²) < 4.78 is 0. The van der Waals surface area contributed by atoms with Gasteiger partial charge in [0.15, 0.2) is 0 Å². The first-order chi connectivity index (χ1) is 4.83. The van der Waals surface area contributed by atoms with Gasteiger partial charge in [-0.05, 0) is 24.2 Å². The number of carbonyl (C=O) groups is 1. The third-order valence-corrected chi connectivity index (χ3v) is 3.08.